The zero-order chi connectivity index (χ0) is 14.8. The van der Waals surface area contributed by atoms with Gasteiger partial charge in [-0.05, 0) is 29.1 Å². The van der Waals surface area contributed by atoms with Crippen molar-refractivity contribution < 1.29 is 0 Å². The lowest BCUT2D eigenvalue weighted by Crippen LogP contribution is -2.01. The second-order valence-corrected chi connectivity index (χ2v) is 6.34. The fraction of sp³-hybridized carbons (Fsp3) is 0.0625. The third-order valence-electron chi connectivity index (χ3n) is 3.23. The van der Waals surface area contributed by atoms with Crippen LogP contribution in [0.3, 0.4) is 0 Å². The molecule has 1 aromatic heterocycles. The molecule has 0 aliphatic heterocycles. The number of benzene rings is 2. The average molecular weight is 382 g/mol. The zero-order valence-electron chi connectivity index (χ0n) is 10.9. The summed E-state index contributed by atoms with van der Waals surface area (Å²) in [7, 11) is 0. The van der Waals surface area contributed by atoms with Crippen LogP contribution in [-0.2, 0) is 6.54 Å². The number of nitrogens with zero attached hydrogens (tertiary/aromatic N) is 1. The Balaban J connectivity index is 1.91. The lowest BCUT2D eigenvalue weighted by atomic mass is 10.1. The topological polar surface area (TPSA) is 24.9 Å². The fourth-order valence-corrected chi connectivity index (χ4v) is 3.58. The van der Waals surface area contributed by atoms with Crippen LogP contribution in [0.4, 0.5) is 5.69 Å². The summed E-state index contributed by atoms with van der Waals surface area (Å²) < 4.78 is 0.860. The highest BCUT2D eigenvalue weighted by Gasteiger charge is 2.08. The standard InChI is InChI=1S/C16H11BrCl2N2/c17-12-6-14(18)16(15(19)7-12)21-9-11-3-1-2-10-8-20-5-4-13(10)11/h1-8,21H,9H2. The molecule has 0 bridgehead atoms. The van der Waals surface area contributed by atoms with Gasteiger partial charge in [0, 0.05) is 28.8 Å². The summed E-state index contributed by atoms with van der Waals surface area (Å²) in [6.45, 7) is 0.641. The van der Waals surface area contributed by atoms with Crippen molar-refractivity contribution in [3.63, 3.8) is 0 Å². The maximum atomic E-state index is 6.23. The summed E-state index contributed by atoms with van der Waals surface area (Å²) in [5.74, 6) is 0. The number of rotatable bonds is 3. The number of halogens is 3. The van der Waals surface area contributed by atoms with Crippen molar-refractivity contribution in [3.05, 3.63) is 68.9 Å². The van der Waals surface area contributed by atoms with E-state index < -0.39 is 0 Å². The molecule has 0 aliphatic carbocycles. The maximum absolute atomic E-state index is 6.23. The van der Waals surface area contributed by atoms with Gasteiger partial charge in [-0.2, -0.15) is 0 Å². The SMILES string of the molecule is Clc1cc(Br)cc(Cl)c1NCc1cccc2cnccc12. The molecule has 0 aliphatic rings. The van der Waals surface area contributed by atoms with E-state index in [4.69, 9.17) is 23.2 Å². The first-order chi connectivity index (χ1) is 10.1. The van der Waals surface area contributed by atoms with E-state index in [0.717, 1.165) is 15.5 Å². The Bertz CT molecular complexity index is 777. The number of hydrogen-bond acceptors (Lipinski definition) is 2. The lowest BCUT2D eigenvalue weighted by Gasteiger charge is -2.12. The maximum Gasteiger partial charge on any atom is 0.0722 e. The third-order valence-corrected chi connectivity index (χ3v) is 4.29. The van der Waals surface area contributed by atoms with E-state index in [0.29, 0.717) is 16.6 Å². The van der Waals surface area contributed by atoms with Gasteiger partial charge in [0.05, 0.1) is 15.7 Å². The zero-order valence-corrected chi connectivity index (χ0v) is 14.0. The molecule has 0 amide bonds. The molecule has 106 valence electrons. The lowest BCUT2D eigenvalue weighted by molar-refractivity contribution is 1.16. The Morgan fingerprint density at radius 2 is 1.86 bits per heavy atom. The van der Waals surface area contributed by atoms with Crippen molar-refractivity contribution in [1.29, 1.82) is 0 Å². The van der Waals surface area contributed by atoms with Gasteiger partial charge < -0.3 is 5.32 Å². The van der Waals surface area contributed by atoms with Crippen molar-refractivity contribution >= 4 is 55.6 Å². The molecule has 3 aromatic rings. The number of fused-ring (bicyclic) bond motifs is 1. The van der Waals surface area contributed by atoms with E-state index in [1.807, 2.05) is 36.5 Å². The molecule has 0 saturated carbocycles. The van der Waals surface area contributed by atoms with E-state index in [-0.39, 0.29) is 0 Å². The van der Waals surface area contributed by atoms with Crippen molar-refractivity contribution in [2.45, 2.75) is 6.54 Å². The highest BCUT2D eigenvalue weighted by molar-refractivity contribution is 9.10. The third kappa shape index (κ3) is 3.15. The van der Waals surface area contributed by atoms with E-state index in [1.54, 1.807) is 6.20 Å². The number of hydrogen-bond donors (Lipinski definition) is 1. The molecular weight excluding hydrogens is 371 g/mol. The fourth-order valence-electron chi connectivity index (χ4n) is 2.24. The minimum absolute atomic E-state index is 0.594. The van der Waals surface area contributed by atoms with Crippen LogP contribution in [0.5, 0.6) is 0 Å². The molecule has 0 saturated heterocycles. The smallest absolute Gasteiger partial charge is 0.0722 e. The molecule has 0 fully saturated rings. The van der Waals surface area contributed by atoms with Crippen molar-refractivity contribution in [2.24, 2.45) is 0 Å². The molecule has 0 spiro atoms. The molecular formula is C16H11BrCl2N2. The van der Waals surface area contributed by atoms with Gasteiger partial charge in [-0.1, -0.05) is 57.3 Å². The molecule has 2 nitrogen and oxygen atoms in total. The van der Waals surface area contributed by atoms with E-state index in [2.05, 4.69) is 32.3 Å². The van der Waals surface area contributed by atoms with E-state index in [1.165, 1.54) is 10.9 Å². The van der Waals surface area contributed by atoms with Crippen LogP contribution in [0, 0.1) is 0 Å². The first-order valence-corrected chi connectivity index (χ1v) is 7.90. The van der Waals surface area contributed by atoms with Gasteiger partial charge in [-0.25, -0.2) is 0 Å². The predicted octanol–water partition coefficient (Wildman–Crippen LogP) is 5.92. The van der Waals surface area contributed by atoms with Gasteiger partial charge in [0.25, 0.3) is 0 Å². The molecule has 1 N–H and O–H groups in total. The molecule has 1 heterocycles. The molecule has 2 aromatic carbocycles. The summed E-state index contributed by atoms with van der Waals surface area (Å²) in [6.07, 6.45) is 3.66. The molecule has 0 radical (unpaired) electrons. The second kappa shape index (κ2) is 6.22. The van der Waals surface area contributed by atoms with Gasteiger partial charge in [0.1, 0.15) is 0 Å². The van der Waals surface area contributed by atoms with Crippen LogP contribution in [0.2, 0.25) is 10.0 Å². The Labute approximate surface area is 141 Å². The first-order valence-electron chi connectivity index (χ1n) is 6.35. The normalized spacial score (nSPS) is 10.8. The predicted molar refractivity (Wildman–Crippen MR) is 93.2 cm³/mol. The Morgan fingerprint density at radius 3 is 2.62 bits per heavy atom. The van der Waals surface area contributed by atoms with Crippen molar-refractivity contribution in [1.82, 2.24) is 4.98 Å². The number of pyridine rings is 1. The quantitative estimate of drug-likeness (QED) is 0.609. The molecule has 21 heavy (non-hydrogen) atoms. The van der Waals surface area contributed by atoms with E-state index in [9.17, 15) is 0 Å². The van der Waals surface area contributed by atoms with Crippen molar-refractivity contribution in [3.8, 4) is 0 Å². The first kappa shape index (κ1) is 14.6. The van der Waals surface area contributed by atoms with Crippen molar-refractivity contribution in [2.75, 3.05) is 5.32 Å². The molecule has 5 heteroatoms. The average Bonchev–Trinajstić information content (AvgIpc) is 2.46. The molecule has 3 rings (SSSR count). The van der Waals surface area contributed by atoms with Crippen LogP contribution >= 0.6 is 39.1 Å². The Morgan fingerprint density at radius 1 is 1.10 bits per heavy atom. The summed E-state index contributed by atoms with van der Waals surface area (Å²) in [4.78, 5) is 4.14. The Hall–Kier alpha value is -1.29. The molecule has 0 unspecified atom stereocenters. The van der Waals surface area contributed by atoms with E-state index >= 15 is 0 Å². The Kier molecular flexibility index (Phi) is 4.34. The number of anilines is 1. The van der Waals surface area contributed by atoms with Gasteiger partial charge in [-0.15, -0.1) is 0 Å². The summed E-state index contributed by atoms with van der Waals surface area (Å²) >= 11 is 15.8. The van der Waals surface area contributed by atoms with Crippen LogP contribution in [0.25, 0.3) is 10.8 Å². The monoisotopic (exact) mass is 380 g/mol. The van der Waals surface area contributed by atoms with Crippen LogP contribution in [0.1, 0.15) is 5.56 Å². The summed E-state index contributed by atoms with van der Waals surface area (Å²) in [5.41, 5.74) is 1.91. The van der Waals surface area contributed by atoms with Crippen LogP contribution in [0.15, 0.2) is 53.3 Å². The highest BCUT2D eigenvalue weighted by Crippen LogP contribution is 2.34. The summed E-state index contributed by atoms with van der Waals surface area (Å²) in [6, 6.07) is 11.8. The molecule has 0 atom stereocenters. The second-order valence-electron chi connectivity index (χ2n) is 4.61. The summed E-state index contributed by atoms with van der Waals surface area (Å²) in [5, 5.41) is 6.79. The largest absolute Gasteiger partial charge is 0.379 e. The van der Waals surface area contributed by atoms with Gasteiger partial charge >= 0.3 is 0 Å². The van der Waals surface area contributed by atoms with Crippen LogP contribution in [-0.4, -0.2) is 4.98 Å². The number of aromatic nitrogens is 1. The minimum atomic E-state index is 0.594. The van der Waals surface area contributed by atoms with Gasteiger partial charge in [-0.3, -0.25) is 4.98 Å². The van der Waals surface area contributed by atoms with Gasteiger partial charge in [0.15, 0.2) is 0 Å². The van der Waals surface area contributed by atoms with Crippen LogP contribution < -0.4 is 5.32 Å². The minimum Gasteiger partial charge on any atom is -0.379 e. The van der Waals surface area contributed by atoms with Gasteiger partial charge in [0.2, 0.25) is 0 Å². The number of nitrogens with one attached hydrogen (secondary N) is 1. The highest BCUT2D eigenvalue weighted by atomic mass is 79.9.